The molecule has 2 N–H and O–H groups in total. The third-order valence-electron chi connectivity index (χ3n) is 4.32. The van der Waals surface area contributed by atoms with Gasteiger partial charge in [-0.15, -0.1) is 0 Å². The molecule has 0 radical (unpaired) electrons. The summed E-state index contributed by atoms with van der Waals surface area (Å²) in [5, 5.41) is 10.3. The van der Waals surface area contributed by atoms with E-state index >= 15 is 0 Å². The lowest BCUT2D eigenvalue weighted by atomic mass is 9.92. The second-order valence-electron chi connectivity index (χ2n) is 5.78. The van der Waals surface area contributed by atoms with Gasteiger partial charge in [-0.2, -0.15) is 0 Å². The lowest BCUT2D eigenvalue weighted by molar-refractivity contribution is 0.0518. The highest BCUT2D eigenvalue weighted by Gasteiger charge is 2.26. The van der Waals surface area contributed by atoms with E-state index in [1.165, 1.54) is 12.1 Å². The molecule has 1 saturated heterocycles. The van der Waals surface area contributed by atoms with Gasteiger partial charge in [-0.3, -0.25) is 4.79 Å². The molecule has 1 fully saturated rings. The summed E-state index contributed by atoms with van der Waals surface area (Å²) in [6, 6.07) is 6.13. The number of H-pyrrole nitrogens is 1. The molecule has 1 atom stereocenters. The molecule has 2 heterocycles. The van der Waals surface area contributed by atoms with Gasteiger partial charge in [0.05, 0.1) is 6.10 Å². The summed E-state index contributed by atoms with van der Waals surface area (Å²) in [5.41, 5.74) is 1.25. The number of likely N-dealkylation sites (tertiary alicyclic amines) is 1. The topological polar surface area (TPSA) is 56.3 Å². The zero-order valence-corrected chi connectivity index (χ0v) is 12.0. The summed E-state index contributed by atoms with van der Waals surface area (Å²) < 4.78 is 13.2. The van der Waals surface area contributed by atoms with Gasteiger partial charge in [0.1, 0.15) is 11.5 Å². The van der Waals surface area contributed by atoms with E-state index < -0.39 is 0 Å². The molecule has 3 rings (SSSR count). The van der Waals surface area contributed by atoms with Gasteiger partial charge < -0.3 is 15.0 Å². The van der Waals surface area contributed by atoms with E-state index in [1.807, 2.05) is 0 Å². The number of rotatable bonds is 2. The van der Waals surface area contributed by atoms with Crippen molar-refractivity contribution in [2.75, 3.05) is 13.1 Å². The van der Waals surface area contributed by atoms with Crippen LogP contribution in [-0.4, -0.2) is 40.1 Å². The molecule has 1 amide bonds. The van der Waals surface area contributed by atoms with Gasteiger partial charge in [0, 0.05) is 24.0 Å². The molecule has 5 heteroatoms. The maximum atomic E-state index is 13.2. The highest BCUT2D eigenvalue weighted by atomic mass is 19.1. The number of hydrogen-bond acceptors (Lipinski definition) is 2. The number of aliphatic hydroxyl groups excluding tert-OH is 1. The first kappa shape index (κ1) is 14.1. The van der Waals surface area contributed by atoms with Gasteiger partial charge in [-0.25, -0.2) is 4.39 Å². The lowest BCUT2D eigenvalue weighted by Crippen LogP contribution is -2.40. The largest absolute Gasteiger partial charge is 0.393 e. The number of aromatic nitrogens is 1. The van der Waals surface area contributed by atoms with Crippen LogP contribution in [0.15, 0.2) is 24.3 Å². The number of amides is 1. The highest BCUT2D eigenvalue weighted by molar-refractivity contribution is 5.98. The smallest absolute Gasteiger partial charge is 0.270 e. The van der Waals surface area contributed by atoms with E-state index in [4.69, 9.17) is 0 Å². The van der Waals surface area contributed by atoms with Crippen LogP contribution in [0.3, 0.4) is 0 Å². The number of aromatic amines is 1. The van der Waals surface area contributed by atoms with Gasteiger partial charge in [0.15, 0.2) is 0 Å². The van der Waals surface area contributed by atoms with Crippen molar-refractivity contribution in [1.29, 1.82) is 0 Å². The van der Waals surface area contributed by atoms with Crippen LogP contribution in [0.2, 0.25) is 0 Å². The molecule has 1 aliphatic rings. The molecule has 0 saturated carbocycles. The molecule has 2 aromatic rings. The van der Waals surface area contributed by atoms with Crippen LogP contribution in [0, 0.1) is 11.7 Å². The standard InChI is InChI=1S/C16H19FN2O2/c1-10(20)11-4-6-19(7-5-11)16(21)15-9-12-8-13(17)2-3-14(12)18-15/h2-3,8-11,18,20H,4-7H2,1H3. The minimum Gasteiger partial charge on any atom is -0.393 e. The van der Waals surface area contributed by atoms with Crippen LogP contribution in [0.1, 0.15) is 30.3 Å². The minimum atomic E-state index is -0.321. The molecule has 1 unspecified atom stereocenters. The lowest BCUT2D eigenvalue weighted by Gasteiger charge is -2.33. The normalized spacial score (nSPS) is 18.1. The number of benzene rings is 1. The van der Waals surface area contributed by atoms with E-state index in [-0.39, 0.29) is 23.7 Å². The minimum absolute atomic E-state index is 0.0596. The van der Waals surface area contributed by atoms with Crippen LogP contribution in [0.5, 0.6) is 0 Å². The fourth-order valence-corrected chi connectivity index (χ4v) is 2.97. The predicted molar refractivity (Wildman–Crippen MR) is 78.6 cm³/mol. The quantitative estimate of drug-likeness (QED) is 0.893. The molecule has 4 nitrogen and oxygen atoms in total. The molecule has 1 aromatic heterocycles. The SMILES string of the molecule is CC(O)C1CCN(C(=O)c2cc3cc(F)ccc3[nH]2)CC1. The third-order valence-corrected chi connectivity index (χ3v) is 4.32. The Bertz CT molecular complexity index is 657. The van der Waals surface area contributed by atoms with Crippen molar-refractivity contribution < 1.29 is 14.3 Å². The van der Waals surface area contributed by atoms with E-state index in [9.17, 15) is 14.3 Å². The van der Waals surface area contributed by atoms with Crippen molar-refractivity contribution >= 4 is 16.8 Å². The first-order chi connectivity index (χ1) is 10.0. The fraction of sp³-hybridized carbons (Fsp3) is 0.438. The summed E-state index contributed by atoms with van der Waals surface area (Å²) in [6.45, 7) is 3.10. The summed E-state index contributed by atoms with van der Waals surface area (Å²) in [7, 11) is 0. The molecule has 0 aliphatic carbocycles. The Morgan fingerprint density at radius 1 is 1.38 bits per heavy atom. The Hall–Kier alpha value is -1.88. The molecule has 0 spiro atoms. The number of hydrogen-bond donors (Lipinski definition) is 2. The van der Waals surface area contributed by atoms with E-state index in [0.29, 0.717) is 24.2 Å². The van der Waals surface area contributed by atoms with E-state index in [2.05, 4.69) is 4.98 Å². The van der Waals surface area contributed by atoms with Crippen LogP contribution in [0.4, 0.5) is 4.39 Å². The van der Waals surface area contributed by atoms with Crippen molar-refractivity contribution in [2.45, 2.75) is 25.9 Å². The van der Waals surface area contributed by atoms with Gasteiger partial charge in [0.2, 0.25) is 0 Å². The maximum absolute atomic E-state index is 13.2. The van der Waals surface area contributed by atoms with Crippen molar-refractivity contribution in [3.63, 3.8) is 0 Å². The Kier molecular flexibility index (Phi) is 3.68. The summed E-state index contributed by atoms with van der Waals surface area (Å²) >= 11 is 0. The molecular weight excluding hydrogens is 271 g/mol. The first-order valence-corrected chi connectivity index (χ1v) is 7.30. The van der Waals surface area contributed by atoms with Crippen LogP contribution >= 0.6 is 0 Å². The number of nitrogens with zero attached hydrogens (tertiary/aromatic N) is 1. The Balaban J connectivity index is 1.75. The number of nitrogens with one attached hydrogen (secondary N) is 1. The Labute approximate surface area is 122 Å². The van der Waals surface area contributed by atoms with Gasteiger partial charge in [0.25, 0.3) is 5.91 Å². The van der Waals surface area contributed by atoms with Crippen molar-refractivity contribution in [1.82, 2.24) is 9.88 Å². The zero-order valence-electron chi connectivity index (χ0n) is 12.0. The number of piperidine rings is 1. The summed E-state index contributed by atoms with van der Waals surface area (Å²) in [6.07, 6.45) is 1.31. The summed E-state index contributed by atoms with van der Waals surface area (Å²) in [5.74, 6) is -0.0974. The fourth-order valence-electron chi connectivity index (χ4n) is 2.97. The van der Waals surface area contributed by atoms with E-state index in [0.717, 1.165) is 18.4 Å². The number of carbonyl (C=O) groups is 1. The number of aliphatic hydroxyl groups is 1. The van der Waals surface area contributed by atoms with Crippen LogP contribution in [0.25, 0.3) is 10.9 Å². The van der Waals surface area contributed by atoms with E-state index in [1.54, 1.807) is 24.0 Å². The Morgan fingerprint density at radius 2 is 2.10 bits per heavy atom. The number of carbonyl (C=O) groups excluding carboxylic acids is 1. The Morgan fingerprint density at radius 3 is 2.76 bits per heavy atom. The van der Waals surface area contributed by atoms with Crippen LogP contribution < -0.4 is 0 Å². The van der Waals surface area contributed by atoms with Gasteiger partial charge in [-0.05, 0) is 49.9 Å². The van der Waals surface area contributed by atoms with Crippen molar-refractivity contribution in [3.05, 3.63) is 35.8 Å². The average Bonchev–Trinajstić information content (AvgIpc) is 2.89. The molecule has 0 bridgehead atoms. The van der Waals surface area contributed by atoms with Gasteiger partial charge >= 0.3 is 0 Å². The second kappa shape index (κ2) is 5.48. The first-order valence-electron chi connectivity index (χ1n) is 7.30. The molecular formula is C16H19FN2O2. The predicted octanol–water partition coefficient (Wildman–Crippen LogP) is 2.54. The van der Waals surface area contributed by atoms with Crippen molar-refractivity contribution in [2.24, 2.45) is 5.92 Å². The van der Waals surface area contributed by atoms with Crippen LogP contribution in [-0.2, 0) is 0 Å². The zero-order chi connectivity index (χ0) is 15.0. The van der Waals surface area contributed by atoms with Gasteiger partial charge in [-0.1, -0.05) is 0 Å². The highest BCUT2D eigenvalue weighted by Crippen LogP contribution is 2.23. The average molecular weight is 290 g/mol. The third kappa shape index (κ3) is 2.78. The summed E-state index contributed by atoms with van der Waals surface area (Å²) in [4.78, 5) is 17.3. The number of halogens is 1. The number of fused-ring (bicyclic) bond motifs is 1. The second-order valence-corrected chi connectivity index (χ2v) is 5.78. The monoisotopic (exact) mass is 290 g/mol. The maximum Gasteiger partial charge on any atom is 0.270 e. The molecule has 1 aromatic carbocycles. The molecule has 21 heavy (non-hydrogen) atoms. The molecule has 112 valence electrons. The molecule has 1 aliphatic heterocycles. The van der Waals surface area contributed by atoms with Crippen molar-refractivity contribution in [3.8, 4) is 0 Å².